The van der Waals surface area contributed by atoms with E-state index in [0.29, 0.717) is 24.2 Å². The SMILES string of the molecule is CCn1[nH]c2c(c1=O)CCS(=O)(=O)C2. The van der Waals surface area contributed by atoms with Crippen LogP contribution in [-0.4, -0.2) is 24.0 Å². The zero-order chi connectivity index (χ0) is 10.3. The molecule has 2 heterocycles. The predicted octanol–water partition coefficient (Wildman–Crippen LogP) is -0.333. The number of hydrogen-bond acceptors (Lipinski definition) is 3. The molecular weight excluding hydrogens is 204 g/mol. The van der Waals surface area contributed by atoms with E-state index in [9.17, 15) is 13.2 Å². The second-order valence-electron chi connectivity index (χ2n) is 3.46. The highest BCUT2D eigenvalue weighted by molar-refractivity contribution is 7.90. The van der Waals surface area contributed by atoms with Crippen LogP contribution in [0, 0.1) is 0 Å². The molecule has 0 unspecified atom stereocenters. The molecule has 1 aliphatic heterocycles. The maximum atomic E-state index is 11.6. The molecular formula is C8H12N2O3S. The lowest BCUT2D eigenvalue weighted by molar-refractivity contribution is 0.589. The molecule has 0 radical (unpaired) electrons. The summed E-state index contributed by atoms with van der Waals surface area (Å²) < 4.78 is 24.0. The van der Waals surface area contributed by atoms with Crippen molar-refractivity contribution in [2.24, 2.45) is 0 Å². The molecule has 78 valence electrons. The van der Waals surface area contributed by atoms with E-state index in [-0.39, 0.29) is 17.1 Å². The van der Waals surface area contributed by atoms with Crippen LogP contribution in [0.3, 0.4) is 0 Å². The van der Waals surface area contributed by atoms with Gasteiger partial charge in [0.25, 0.3) is 5.56 Å². The summed E-state index contributed by atoms with van der Waals surface area (Å²) in [5.74, 6) is 0.0708. The van der Waals surface area contributed by atoms with Gasteiger partial charge < -0.3 is 0 Å². The molecule has 0 saturated heterocycles. The number of nitrogens with zero attached hydrogens (tertiary/aromatic N) is 1. The smallest absolute Gasteiger partial charge is 0.269 e. The zero-order valence-corrected chi connectivity index (χ0v) is 8.73. The summed E-state index contributed by atoms with van der Waals surface area (Å²) in [7, 11) is -2.99. The Morgan fingerprint density at radius 2 is 2.21 bits per heavy atom. The van der Waals surface area contributed by atoms with Crippen LogP contribution in [0.2, 0.25) is 0 Å². The van der Waals surface area contributed by atoms with Crippen LogP contribution >= 0.6 is 0 Å². The van der Waals surface area contributed by atoms with Gasteiger partial charge in [-0.15, -0.1) is 0 Å². The van der Waals surface area contributed by atoms with E-state index in [1.165, 1.54) is 4.68 Å². The van der Waals surface area contributed by atoms with Crippen molar-refractivity contribution in [3.05, 3.63) is 21.6 Å². The highest BCUT2D eigenvalue weighted by atomic mass is 32.2. The van der Waals surface area contributed by atoms with E-state index < -0.39 is 9.84 Å². The summed E-state index contributed by atoms with van der Waals surface area (Å²) in [6, 6.07) is 0. The van der Waals surface area contributed by atoms with E-state index >= 15 is 0 Å². The van der Waals surface area contributed by atoms with Crippen LogP contribution in [0.4, 0.5) is 0 Å². The first-order chi connectivity index (χ1) is 6.53. The van der Waals surface area contributed by atoms with Gasteiger partial charge in [0.05, 0.1) is 17.2 Å². The molecule has 0 atom stereocenters. The largest absolute Gasteiger partial charge is 0.298 e. The lowest BCUT2D eigenvalue weighted by Gasteiger charge is -2.09. The molecule has 1 N–H and O–H groups in total. The molecule has 0 amide bonds. The predicted molar refractivity (Wildman–Crippen MR) is 51.9 cm³/mol. The van der Waals surface area contributed by atoms with Gasteiger partial charge >= 0.3 is 0 Å². The van der Waals surface area contributed by atoms with Gasteiger partial charge in [-0.25, -0.2) is 8.42 Å². The van der Waals surface area contributed by atoms with Gasteiger partial charge in [0.2, 0.25) is 0 Å². The first kappa shape index (κ1) is 9.51. The Hall–Kier alpha value is -1.04. The number of H-pyrrole nitrogens is 1. The molecule has 0 saturated carbocycles. The number of aryl methyl sites for hydroxylation is 1. The summed E-state index contributed by atoms with van der Waals surface area (Å²) in [4.78, 5) is 11.6. The summed E-state index contributed by atoms with van der Waals surface area (Å²) in [5, 5.41) is 2.83. The summed E-state index contributed by atoms with van der Waals surface area (Å²) in [6.45, 7) is 2.39. The minimum atomic E-state index is -2.99. The second-order valence-corrected chi connectivity index (χ2v) is 5.64. The number of aromatic nitrogens is 2. The van der Waals surface area contributed by atoms with Crippen LogP contribution < -0.4 is 5.56 Å². The van der Waals surface area contributed by atoms with Crippen molar-refractivity contribution in [3.8, 4) is 0 Å². The number of hydrogen-bond donors (Lipinski definition) is 1. The van der Waals surface area contributed by atoms with Gasteiger partial charge in [-0.05, 0) is 13.3 Å². The molecule has 1 aromatic rings. The van der Waals surface area contributed by atoms with Crippen molar-refractivity contribution in [3.63, 3.8) is 0 Å². The number of rotatable bonds is 1. The topological polar surface area (TPSA) is 71.9 Å². The van der Waals surface area contributed by atoms with E-state index in [1.54, 1.807) is 0 Å². The average Bonchev–Trinajstić information content (AvgIpc) is 2.40. The number of fused-ring (bicyclic) bond motifs is 1. The highest BCUT2D eigenvalue weighted by Crippen LogP contribution is 2.15. The van der Waals surface area contributed by atoms with Crippen LogP contribution in [0.25, 0.3) is 0 Å². The first-order valence-corrected chi connectivity index (χ1v) is 6.36. The van der Waals surface area contributed by atoms with Crippen LogP contribution in [0.5, 0.6) is 0 Å². The van der Waals surface area contributed by atoms with Gasteiger partial charge in [-0.3, -0.25) is 14.6 Å². The average molecular weight is 216 g/mol. The number of sulfone groups is 1. The first-order valence-electron chi connectivity index (χ1n) is 4.54. The second kappa shape index (κ2) is 2.98. The molecule has 1 aliphatic rings. The van der Waals surface area contributed by atoms with Crippen LogP contribution in [0.15, 0.2) is 4.79 Å². The van der Waals surface area contributed by atoms with E-state index in [1.807, 2.05) is 6.92 Å². The van der Waals surface area contributed by atoms with Crippen molar-refractivity contribution in [2.75, 3.05) is 5.75 Å². The molecule has 0 aromatic carbocycles. The van der Waals surface area contributed by atoms with Gasteiger partial charge in [0.15, 0.2) is 9.84 Å². The van der Waals surface area contributed by atoms with Gasteiger partial charge in [0, 0.05) is 12.1 Å². The fourth-order valence-corrected chi connectivity index (χ4v) is 3.06. The summed E-state index contributed by atoms with van der Waals surface area (Å²) in [5.41, 5.74) is 1.14. The Morgan fingerprint density at radius 3 is 2.86 bits per heavy atom. The summed E-state index contributed by atoms with van der Waals surface area (Å²) >= 11 is 0. The quantitative estimate of drug-likeness (QED) is 0.698. The van der Waals surface area contributed by atoms with E-state index in [0.717, 1.165) is 0 Å². The Kier molecular flexibility index (Phi) is 2.02. The van der Waals surface area contributed by atoms with Crippen LogP contribution in [-0.2, 0) is 28.6 Å². The Balaban J connectivity index is 2.56. The highest BCUT2D eigenvalue weighted by Gasteiger charge is 2.25. The molecule has 6 heteroatoms. The molecule has 0 fully saturated rings. The molecule has 0 spiro atoms. The molecule has 5 nitrogen and oxygen atoms in total. The molecule has 0 bridgehead atoms. The third-order valence-electron chi connectivity index (χ3n) is 2.48. The lowest BCUT2D eigenvalue weighted by atomic mass is 10.2. The minimum absolute atomic E-state index is 0.0232. The molecule has 1 aromatic heterocycles. The maximum absolute atomic E-state index is 11.6. The Labute approximate surface area is 81.6 Å². The minimum Gasteiger partial charge on any atom is -0.298 e. The molecule has 14 heavy (non-hydrogen) atoms. The van der Waals surface area contributed by atoms with Crippen molar-refractivity contribution < 1.29 is 8.42 Å². The van der Waals surface area contributed by atoms with Crippen molar-refractivity contribution in [2.45, 2.75) is 25.6 Å². The summed E-state index contributed by atoms with van der Waals surface area (Å²) in [6.07, 6.45) is 0.347. The molecule has 0 aliphatic carbocycles. The van der Waals surface area contributed by atoms with Crippen molar-refractivity contribution >= 4 is 9.84 Å². The fourth-order valence-electron chi connectivity index (χ4n) is 1.72. The third-order valence-corrected chi connectivity index (χ3v) is 4.04. The van der Waals surface area contributed by atoms with Crippen molar-refractivity contribution in [1.29, 1.82) is 0 Å². The van der Waals surface area contributed by atoms with Gasteiger partial charge in [-0.1, -0.05) is 0 Å². The number of nitrogens with one attached hydrogen (secondary N) is 1. The Morgan fingerprint density at radius 1 is 1.50 bits per heavy atom. The van der Waals surface area contributed by atoms with E-state index in [4.69, 9.17) is 0 Å². The van der Waals surface area contributed by atoms with Crippen LogP contribution in [0.1, 0.15) is 18.2 Å². The zero-order valence-electron chi connectivity index (χ0n) is 7.91. The normalized spacial score (nSPS) is 19.2. The maximum Gasteiger partial charge on any atom is 0.269 e. The fraction of sp³-hybridized carbons (Fsp3) is 0.625. The van der Waals surface area contributed by atoms with Gasteiger partial charge in [0.1, 0.15) is 0 Å². The monoisotopic (exact) mass is 216 g/mol. The van der Waals surface area contributed by atoms with Crippen molar-refractivity contribution in [1.82, 2.24) is 9.78 Å². The lowest BCUT2D eigenvalue weighted by Crippen LogP contribution is -2.23. The molecule has 2 rings (SSSR count). The Bertz CT molecular complexity index is 509. The number of aromatic amines is 1. The van der Waals surface area contributed by atoms with Gasteiger partial charge in [-0.2, -0.15) is 0 Å². The third kappa shape index (κ3) is 1.39. The standard InChI is InChI=1S/C8H12N2O3S/c1-2-10-8(11)6-3-4-14(12,13)5-7(6)9-10/h9H,2-5H2,1H3. The van der Waals surface area contributed by atoms with E-state index in [2.05, 4.69) is 5.10 Å².